The molecule has 1 aliphatic rings. The third-order valence-electron chi connectivity index (χ3n) is 3.27. The maximum absolute atomic E-state index is 5.51. The number of hydrogen-bond donors (Lipinski definition) is 1. The molecule has 1 aromatic rings. The van der Waals surface area contributed by atoms with Crippen molar-refractivity contribution in [1.29, 1.82) is 0 Å². The SMILES string of the molecule is C#CC(C)(C)NC1CCc2ccccc2C1. The second-order valence-corrected chi connectivity index (χ2v) is 5.12. The Hall–Kier alpha value is -1.26. The molecule has 0 aliphatic heterocycles. The minimum Gasteiger partial charge on any atom is -0.298 e. The van der Waals surface area contributed by atoms with Crippen LogP contribution in [0.3, 0.4) is 0 Å². The number of fused-ring (bicyclic) bond motifs is 1. The van der Waals surface area contributed by atoms with Crippen LogP contribution in [0.5, 0.6) is 0 Å². The van der Waals surface area contributed by atoms with Gasteiger partial charge in [0.2, 0.25) is 0 Å². The third-order valence-corrected chi connectivity index (χ3v) is 3.27. The number of nitrogens with one attached hydrogen (secondary N) is 1. The summed E-state index contributed by atoms with van der Waals surface area (Å²) < 4.78 is 0. The van der Waals surface area contributed by atoms with E-state index in [0.717, 1.165) is 12.8 Å². The van der Waals surface area contributed by atoms with E-state index in [1.807, 2.05) is 0 Å². The molecule has 0 amide bonds. The van der Waals surface area contributed by atoms with Crippen molar-refractivity contribution in [2.75, 3.05) is 0 Å². The standard InChI is InChI=1S/C15H19N/c1-4-15(2,3)16-14-10-9-12-7-5-6-8-13(12)11-14/h1,5-8,14,16H,9-11H2,2-3H3. The van der Waals surface area contributed by atoms with Gasteiger partial charge in [-0.25, -0.2) is 0 Å². The molecule has 1 aromatic carbocycles. The smallest absolute Gasteiger partial charge is 0.0743 e. The van der Waals surface area contributed by atoms with E-state index in [2.05, 4.69) is 49.4 Å². The molecule has 84 valence electrons. The largest absolute Gasteiger partial charge is 0.298 e. The second kappa shape index (κ2) is 4.31. The Morgan fingerprint density at radius 2 is 2.00 bits per heavy atom. The summed E-state index contributed by atoms with van der Waals surface area (Å²) in [6, 6.07) is 9.22. The van der Waals surface area contributed by atoms with E-state index < -0.39 is 0 Å². The van der Waals surface area contributed by atoms with Gasteiger partial charge >= 0.3 is 0 Å². The number of hydrogen-bond acceptors (Lipinski definition) is 1. The summed E-state index contributed by atoms with van der Waals surface area (Å²) in [4.78, 5) is 0. The van der Waals surface area contributed by atoms with Gasteiger partial charge in [-0.05, 0) is 44.2 Å². The normalized spacial score (nSPS) is 19.9. The van der Waals surface area contributed by atoms with Crippen molar-refractivity contribution in [1.82, 2.24) is 5.32 Å². The lowest BCUT2D eigenvalue weighted by atomic mass is 9.87. The van der Waals surface area contributed by atoms with Crippen molar-refractivity contribution in [3.05, 3.63) is 35.4 Å². The Balaban J connectivity index is 2.07. The van der Waals surface area contributed by atoms with E-state index in [9.17, 15) is 0 Å². The van der Waals surface area contributed by atoms with Gasteiger partial charge in [0.1, 0.15) is 0 Å². The van der Waals surface area contributed by atoms with Crippen molar-refractivity contribution in [3.8, 4) is 12.3 Å². The molecule has 0 aromatic heterocycles. The van der Waals surface area contributed by atoms with Gasteiger partial charge in [-0.1, -0.05) is 30.2 Å². The lowest BCUT2D eigenvalue weighted by Gasteiger charge is -2.31. The molecule has 1 N–H and O–H groups in total. The van der Waals surface area contributed by atoms with Crippen LogP contribution >= 0.6 is 0 Å². The summed E-state index contributed by atoms with van der Waals surface area (Å²) in [5.41, 5.74) is 2.77. The van der Waals surface area contributed by atoms with Gasteiger partial charge in [0.15, 0.2) is 0 Å². The van der Waals surface area contributed by atoms with E-state index in [1.165, 1.54) is 17.5 Å². The van der Waals surface area contributed by atoms with Gasteiger partial charge in [-0.3, -0.25) is 5.32 Å². The van der Waals surface area contributed by atoms with Crippen LogP contribution in [0.15, 0.2) is 24.3 Å². The highest BCUT2D eigenvalue weighted by atomic mass is 15.0. The molecule has 0 fully saturated rings. The van der Waals surface area contributed by atoms with Crippen molar-refractivity contribution < 1.29 is 0 Å². The first kappa shape index (κ1) is 11.2. The van der Waals surface area contributed by atoms with E-state index in [4.69, 9.17) is 6.42 Å². The van der Waals surface area contributed by atoms with Gasteiger partial charge in [-0.2, -0.15) is 0 Å². The quantitative estimate of drug-likeness (QED) is 0.744. The van der Waals surface area contributed by atoms with Gasteiger partial charge < -0.3 is 0 Å². The third kappa shape index (κ3) is 2.46. The molecule has 0 heterocycles. The fraction of sp³-hybridized carbons (Fsp3) is 0.467. The predicted molar refractivity (Wildman–Crippen MR) is 68.3 cm³/mol. The van der Waals surface area contributed by atoms with Crippen LogP contribution in [0.4, 0.5) is 0 Å². The maximum Gasteiger partial charge on any atom is 0.0743 e. The lowest BCUT2D eigenvalue weighted by molar-refractivity contribution is 0.373. The van der Waals surface area contributed by atoms with E-state index in [0.29, 0.717) is 6.04 Å². The zero-order valence-corrected chi connectivity index (χ0v) is 10.1. The minimum absolute atomic E-state index is 0.197. The van der Waals surface area contributed by atoms with Crippen LogP contribution < -0.4 is 5.32 Å². The minimum atomic E-state index is -0.197. The fourth-order valence-corrected chi connectivity index (χ4v) is 2.37. The first-order valence-electron chi connectivity index (χ1n) is 5.93. The van der Waals surface area contributed by atoms with Crippen LogP contribution in [0.25, 0.3) is 0 Å². The molecule has 0 spiro atoms. The van der Waals surface area contributed by atoms with Crippen molar-refractivity contribution in [3.63, 3.8) is 0 Å². The predicted octanol–water partition coefficient (Wildman–Crippen LogP) is 2.55. The van der Waals surface area contributed by atoms with E-state index in [-0.39, 0.29) is 5.54 Å². The summed E-state index contributed by atoms with van der Waals surface area (Å²) in [7, 11) is 0. The Morgan fingerprint density at radius 1 is 1.31 bits per heavy atom. The first-order chi connectivity index (χ1) is 7.61. The highest BCUT2D eigenvalue weighted by molar-refractivity contribution is 5.30. The highest BCUT2D eigenvalue weighted by Crippen LogP contribution is 2.22. The van der Waals surface area contributed by atoms with Gasteiger partial charge in [0, 0.05) is 6.04 Å². The van der Waals surface area contributed by atoms with Crippen molar-refractivity contribution >= 4 is 0 Å². The number of aryl methyl sites for hydroxylation is 1. The topological polar surface area (TPSA) is 12.0 Å². The molecule has 2 rings (SSSR count). The summed E-state index contributed by atoms with van der Waals surface area (Å²) in [6.07, 6.45) is 8.95. The molecule has 1 unspecified atom stereocenters. The Kier molecular flexibility index (Phi) is 3.03. The monoisotopic (exact) mass is 213 g/mol. The molecule has 0 saturated carbocycles. The molecular weight excluding hydrogens is 194 g/mol. The van der Waals surface area contributed by atoms with Crippen LogP contribution in [-0.2, 0) is 12.8 Å². The summed E-state index contributed by atoms with van der Waals surface area (Å²) in [5.74, 6) is 2.80. The number of rotatable bonds is 2. The summed E-state index contributed by atoms with van der Waals surface area (Å²) in [6.45, 7) is 4.13. The highest BCUT2D eigenvalue weighted by Gasteiger charge is 2.23. The average molecular weight is 213 g/mol. The molecule has 0 radical (unpaired) electrons. The summed E-state index contributed by atoms with van der Waals surface area (Å²) in [5, 5.41) is 3.55. The number of benzene rings is 1. The fourth-order valence-electron chi connectivity index (χ4n) is 2.37. The Morgan fingerprint density at radius 3 is 2.69 bits per heavy atom. The molecule has 1 heteroatoms. The molecule has 0 bridgehead atoms. The molecule has 1 nitrogen and oxygen atoms in total. The van der Waals surface area contributed by atoms with Gasteiger partial charge in [0.25, 0.3) is 0 Å². The Labute approximate surface area is 98.3 Å². The van der Waals surface area contributed by atoms with Gasteiger partial charge in [0.05, 0.1) is 5.54 Å². The van der Waals surface area contributed by atoms with E-state index in [1.54, 1.807) is 0 Å². The second-order valence-electron chi connectivity index (χ2n) is 5.12. The number of terminal acetylenes is 1. The van der Waals surface area contributed by atoms with Crippen molar-refractivity contribution in [2.45, 2.75) is 44.7 Å². The lowest BCUT2D eigenvalue weighted by Crippen LogP contribution is -2.47. The zero-order chi connectivity index (χ0) is 11.6. The van der Waals surface area contributed by atoms with Crippen LogP contribution in [0.1, 0.15) is 31.4 Å². The van der Waals surface area contributed by atoms with Crippen molar-refractivity contribution in [2.24, 2.45) is 0 Å². The van der Waals surface area contributed by atoms with Crippen LogP contribution in [0, 0.1) is 12.3 Å². The average Bonchev–Trinajstić information content (AvgIpc) is 2.28. The molecule has 1 atom stereocenters. The first-order valence-corrected chi connectivity index (χ1v) is 5.93. The molecule has 1 aliphatic carbocycles. The molecule has 0 saturated heterocycles. The van der Waals surface area contributed by atoms with E-state index >= 15 is 0 Å². The molecule has 16 heavy (non-hydrogen) atoms. The van der Waals surface area contributed by atoms with Gasteiger partial charge in [-0.15, -0.1) is 6.42 Å². The maximum atomic E-state index is 5.51. The summed E-state index contributed by atoms with van der Waals surface area (Å²) >= 11 is 0. The molecular formula is C15H19N. The van der Waals surface area contributed by atoms with Crippen LogP contribution in [-0.4, -0.2) is 11.6 Å². The van der Waals surface area contributed by atoms with Crippen LogP contribution in [0.2, 0.25) is 0 Å². The Bertz CT molecular complexity index is 412. The zero-order valence-electron chi connectivity index (χ0n) is 10.1.